The molecule has 2 aromatic carbocycles. The Bertz CT molecular complexity index is 928. The monoisotopic (exact) mass is 427 g/mol. The summed E-state index contributed by atoms with van der Waals surface area (Å²) in [5.41, 5.74) is 3.83. The van der Waals surface area contributed by atoms with E-state index in [2.05, 4.69) is 27.3 Å². The van der Waals surface area contributed by atoms with Gasteiger partial charge in [-0.25, -0.2) is 4.79 Å². The molecule has 2 aromatic rings. The van der Waals surface area contributed by atoms with Crippen molar-refractivity contribution in [3.05, 3.63) is 57.6 Å². The summed E-state index contributed by atoms with van der Waals surface area (Å²) in [6, 6.07) is 11.9. The molecule has 0 aromatic heterocycles. The average molecular weight is 428 g/mol. The lowest BCUT2D eigenvalue weighted by Crippen LogP contribution is -2.35. The van der Waals surface area contributed by atoms with E-state index < -0.39 is 5.97 Å². The van der Waals surface area contributed by atoms with E-state index in [-0.39, 0.29) is 6.04 Å². The maximum atomic E-state index is 11.5. The molecule has 0 radical (unpaired) electrons. The van der Waals surface area contributed by atoms with Gasteiger partial charge in [0.2, 0.25) is 0 Å². The number of fused-ring (bicyclic) bond motifs is 7. The van der Waals surface area contributed by atoms with Crippen LogP contribution in [0.25, 0.3) is 0 Å². The van der Waals surface area contributed by atoms with Gasteiger partial charge in [0.1, 0.15) is 5.75 Å². The lowest BCUT2D eigenvalue weighted by atomic mass is 9.67. The minimum atomic E-state index is -0.853. The van der Waals surface area contributed by atoms with Crippen LogP contribution in [0.15, 0.2) is 40.9 Å². The molecule has 0 amide bonds. The number of carboxylic acids is 1. The highest BCUT2D eigenvalue weighted by molar-refractivity contribution is 9.10. The van der Waals surface area contributed by atoms with Gasteiger partial charge in [-0.3, -0.25) is 0 Å². The molecule has 2 fully saturated rings. The molecule has 2 saturated carbocycles. The van der Waals surface area contributed by atoms with Crippen LogP contribution < -0.4 is 10.1 Å². The summed E-state index contributed by atoms with van der Waals surface area (Å²) in [5, 5.41) is 13.2. The number of nitrogens with one attached hydrogen (secondary N) is 1. The molecule has 2 N–H and O–H groups in total. The fourth-order valence-corrected chi connectivity index (χ4v) is 6.26. The Hall–Kier alpha value is -2.01. The third kappa shape index (κ3) is 2.59. The fourth-order valence-electron chi connectivity index (χ4n) is 5.88. The number of aromatic carboxylic acids is 1. The van der Waals surface area contributed by atoms with Crippen molar-refractivity contribution in [1.82, 2.24) is 0 Å². The van der Waals surface area contributed by atoms with E-state index in [1.165, 1.54) is 30.4 Å². The van der Waals surface area contributed by atoms with E-state index in [0.29, 0.717) is 29.2 Å². The van der Waals surface area contributed by atoms with E-state index in [1.54, 1.807) is 13.2 Å². The number of anilines is 1. The minimum absolute atomic E-state index is 0.181. The number of benzene rings is 2. The van der Waals surface area contributed by atoms with Crippen LogP contribution in [0.5, 0.6) is 5.75 Å². The van der Waals surface area contributed by atoms with Gasteiger partial charge in [-0.2, -0.15) is 0 Å². The lowest BCUT2D eigenvalue weighted by Gasteiger charge is -2.44. The van der Waals surface area contributed by atoms with E-state index in [9.17, 15) is 9.90 Å². The summed E-state index contributed by atoms with van der Waals surface area (Å²) in [7, 11) is 1.72. The van der Waals surface area contributed by atoms with Crippen molar-refractivity contribution in [2.24, 2.45) is 17.8 Å². The van der Waals surface area contributed by atoms with Gasteiger partial charge in [-0.15, -0.1) is 0 Å². The lowest BCUT2D eigenvalue weighted by molar-refractivity contribution is 0.0696. The van der Waals surface area contributed by atoms with Crippen LogP contribution in [-0.2, 0) is 0 Å². The third-order valence-electron chi connectivity index (χ3n) is 6.86. The van der Waals surface area contributed by atoms with Gasteiger partial charge >= 0.3 is 5.97 Å². The van der Waals surface area contributed by atoms with Gasteiger partial charge in [0.05, 0.1) is 18.7 Å². The third-order valence-corrected chi connectivity index (χ3v) is 7.35. The zero-order chi connectivity index (χ0) is 18.7. The number of rotatable bonds is 3. The van der Waals surface area contributed by atoms with Crippen molar-refractivity contribution in [3.8, 4) is 5.75 Å². The molecule has 1 heterocycles. The number of hydrogen-bond donors (Lipinski definition) is 2. The molecule has 1 aliphatic heterocycles. The summed E-state index contributed by atoms with van der Waals surface area (Å²) in [5.74, 6) is 2.29. The summed E-state index contributed by atoms with van der Waals surface area (Å²) >= 11 is 3.61. The topological polar surface area (TPSA) is 58.6 Å². The molecule has 5 rings (SSSR count). The number of carbonyl (C=O) groups is 1. The number of ether oxygens (including phenoxy) is 1. The summed E-state index contributed by atoms with van der Waals surface area (Å²) in [4.78, 5) is 11.5. The Morgan fingerprint density at radius 2 is 1.96 bits per heavy atom. The van der Waals surface area contributed by atoms with Crippen molar-refractivity contribution >= 4 is 27.6 Å². The zero-order valence-corrected chi connectivity index (χ0v) is 16.7. The van der Waals surface area contributed by atoms with Crippen LogP contribution in [0.4, 0.5) is 5.69 Å². The second kappa shape index (κ2) is 6.26. The van der Waals surface area contributed by atoms with Gasteiger partial charge in [0, 0.05) is 15.7 Å². The Morgan fingerprint density at radius 3 is 2.74 bits per heavy atom. The fraction of sp³-hybridized carbons (Fsp3) is 0.409. The van der Waals surface area contributed by atoms with Gasteiger partial charge in [0.25, 0.3) is 0 Å². The van der Waals surface area contributed by atoms with Crippen molar-refractivity contribution in [3.63, 3.8) is 0 Å². The molecule has 2 aliphatic carbocycles. The molecule has 0 spiro atoms. The number of carboxylic acid groups (broad SMARTS) is 1. The zero-order valence-electron chi connectivity index (χ0n) is 15.1. The van der Waals surface area contributed by atoms with E-state index in [0.717, 1.165) is 15.9 Å². The first-order valence-electron chi connectivity index (χ1n) is 9.54. The van der Waals surface area contributed by atoms with Crippen LogP contribution >= 0.6 is 15.9 Å². The van der Waals surface area contributed by atoms with Gasteiger partial charge in [0.15, 0.2) is 0 Å². The highest BCUT2D eigenvalue weighted by Crippen LogP contribution is 2.64. The first-order chi connectivity index (χ1) is 13.1. The van der Waals surface area contributed by atoms with Gasteiger partial charge in [-0.05, 0) is 84.9 Å². The van der Waals surface area contributed by atoms with Crippen LogP contribution in [-0.4, -0.2) is 18.2 Å². The van der Waals surface area contributed by atoms with E-state index in [1.807, 2.05) is 24.3 Å². The second-order valence-corrected chi connectivity index (χ2v) is 8.97. The predicted molar refractivity (Wildman–Crippen MR) is 108 cm³/mol. The van der Waals surface area contributed by atoms with Gasteiger partial charge < -0.3 is 15.2 Å². The summed E-state index contributed by atoms with van der Waals surface area (Å²) < 4.78 is 6.73. The Balaban J connectivity index is 1.65. The SMILES string of the molecule is COc1ccc(Br)cc1[C@H]1Nc2ccc(C(=O)O)cc2[C@H]2[C@@H]3CC[C@@H](C3)[C@@H]21. The minimum Gasteiger partial charge on any atom is -0.496 e. The van der Waals surface area contributed by atoms with Crippen molar-refractivity contribution < 1.29 is 14.6 Å². The molecule has 3 aliphatic rings. The van der Waals surface area contributed by atoms with Crippen LogP contribution in [0.2, 0.25) is 0 Å². The highest BCUT2D eigenvalue weighted by atomic mass is 79.9. The number of methoxy groups -OCH3 is 1. The Labute approximate surface area is 167 Å². The molecule has 27 heavy (non-hydrogen) atoms. The maximum Gasteiger partial charge on any atom is 0.335 e. The smallest absolute Gasteiger partial charge is 0.335 e. The molecular weight excluding hydrogens is 406 g/mol. The summed E-state index contributed by atoms with van der Waals surface area (Å²) in [6.45, 7) is 0. The molecule has 0 unspecified atom stereocenters. The molecule has 5 heteroatoms. The highest BCUT2D eigenvalue weighted by Gasteiger charge is 2.54. The standard InChI is InChI=1S/C22H22BrNO3/c1-27-18-7-5-14(23)10-16(18)21-20-12-3-2-11(8-12)19(20)15-9-13(22(25)26)4-6-17(15)24-21/h4-7,9-12,19-21,24H,2-3,8H2,1H3,(H,25,26)/t11-,12+,19-,20+,21-/m1/s1. The largest absolute Gasteiger partial charge is 0.496 e. The average Bonchev–Trinajstić information content (AvgIpc) is 3.29. The summed E-state index contributed by atoms with van der Waals surface area (Å²) in [6.07, 6.45) is 3.78. The second-order valence-electron chi connectivity index (χ2n) is 8.05. The first kappa shape index (κ1) is 17.1. The Kier molecular flexibility index (Phi) is 3.97. The Morgan fingerprint density at radius 1 is 1.15 bits per heavy atom. The molecule has 140 valence electrons. The molecule has 4 nitrogen and oxygen atoms in total. The molecule has 2 bridgehead atoms. The van der Waals surface area contributed by atoms with Crippen LogP contribution in [0.3, 0.4) is 0 Å². The van der Waals surface area contributed by atoms with Crippen LogP contribution in [0.1, 0.15) is 52.7 Å². The first-order valence-corrected chi connectivity index (χ1v) is 10.3. The van der Waals surface area contributed by atoms with Crippen molar-refractivity contribution in [2.75, 3.05) is 12.4 Å². The number of hydrogen-bond acceptors (Lipinski definition) is 3. The molecule has 5 atom stereocenters. The van der Waals surface area contributed by atoms with Crippen LogP contribution in [0, 0.1) is 17.8 Å². The normalized spacial score (nSPS) is 30.4. The van der Waals surface area contributed by atoms with E-state index in [4.69, 9.17) is 4.74 Å². The maximum absolute atomic E-state index is 11.5. The quantitative estimate of drug-likeness (QED) is 0.683. The molecular formula is C22H22BrNO3. The van der Waals surface area contributed by atoms with Gasteiger partial charge in [-0.1, -0.05) is 15.9 Å². The predicted octanol–water partition coefficient (Wildman–Crippen LogP) is 5.45. The van der Waals surface area contributed by atoms with E-state index >= 15 is 0 Å². The number of halogens is 1. The molecule has 0 saturated heterocycles. The van der Waals surface area contributed by atoms with Crippen molar-refractivity contribution in [1.29, 1.82) is 0 Å². The van der Waals surface area contributed by atoms with Crippen molar-refractivity contribution in [2.45, 2.75) is 31.2 Å².